The van der Waals surface area contributed by atoms with Crippen LogP contribution in [-0.4, -0.2) is 51.8 Å². The topological polar surface area (TPSA) is 60.4 Å². The fourth-order valence-electron chi connectivity index (χ4n) is 3.56. The van der Waals surface area contributed by atoms with Crippen molar-refractivity contribution in [2.45, 2.75) is 31.5 Å². The Morgan fingerprint density at radius 3 is 2.96 bits per heavy atom. The van der Waals surface area contributed by atoms with Crippen LogP contribution in [0.5, 0.6) is 6.01 Å². The summed E-state index contributed by atoms with van der Waals surface area (Å²) >= 11 is 1.72. The summed E-state index contributed by atoms with van der Waals surface area (Å²) in [7, 11) is 0. The average Bonchev–Trinajstić information content (AvgIpc) is 3.24. The van der Waals surface area contributed by atoms with Crippen LogP contribution in [0.4, 0.5) is 0 Å². The summed E-state index contributed by atoms with van der Waals surface area (Å²) in [6.07, 6.45) is 7.80. The van der Waals surface area contributed by atoms with E-state index in [-0.39, 0.29) is 6.10 Å². The first-order chi connectivity index (χ1) is 11.4. The zero-order chi connectivity index (χ0) is 15.5. The lowest BCUT2D eigenvalue weighted by Gasteiger charge is -2.38. The van der Waals surface area contributed by atoms with Crippen molar-refractivity contribution in [1.82, 2.24) is 19.9 Å². The second kappa shape index (κ2) is 6.90. The molecule has 1 saturated carbocycles. The van der Waals surface area contributed by atoms with Gasteiger partial charge in [-0.25, -0.2) is 15.0 Å². The Morgan fingerprint density at radius 1 is 1.22 bits per heavy atom. The summed E-state index contributed by atoms with van der Waals surface area (Å²) in [5, 5.41) is 3.22. The molecule has 0 bridgehead atoms. The van der Waals surface area contributed by atoms with Crippen LogP contribution in [0.25, 0.3) is 0 Å². The van der Waals surface area contributed by atoms with Crippen molar-refractivity contribution in [3.63, 3.8) is 0 Å². The van der Waals surface area contributed by atoms with Gasteiger partial charge in [0.25, 0.3) is 0 Å². The normalized spacial score (nSPS) is 27.7. The number of hydrogen-bond acceptors (Lipinski definition) is 7. The summed E-state index contributed by atoms with van der Waals surface area (Å²) in [4.78, 5) is 15.2. The van der Waals surface area contributed by atoms with Crippen molar-refractivity contribution in [2.24, 2.45) is 5.92 Å². The van der Waals surface area contributed by atoms with Gasteiger partial charge >= 0.3 is 6.01 Å². The lowest BCUT2D eigenvalue weighted by atomic mass is 10.0. The van der Waals surface area contributed by atoms with Crippen LogP contribution in [0, 0.1) is 5.92 Å². The maximum Gasteiger partial charge on any atom is 0.316 e. The first-order valence-electron chi connectivity index (χ1n) is 8.04. The van der Waals surface area contributed by atoms with Gasteiger partial charge in [-0.1, -0.05) is 0 Å². The lowest BCUT2D eigenvalue weighted by Crippen LogP contribution is -2.50. The summed E-state index contributed by atoms with van der Waals surface area (Å²) in [6, 6.07) is 2.71. The van der Waals surface area contributed by atoms with Crippen molar-refractivity contribution < 1.29 is 9.47 Å². The molecule has 0 aromatic carbocycles. The highest BCUT2D eigenvalue weighted by molar-refractivity contribution is 7.09. The van der Waals surface area contributed by atoms with E-state index in [9.17, 15) is 0 Å². The minimum atomic E-state index is 0.243. The predicted molar refractivity (Wildman–Crippen MR) is 86.3 cm³/mol. The largest absolute Gasteiger partial charge is 0.463 e. The number of morpholine rings is 1. The molecule has 2 aromatic heterocycles. The van der Waals surface area contributed by atoms with Gasteiger partial charge in [0, 0.05) is 42.5 Å². The Bertz CT molecular complexity index is 610. The molecule has 3 unspecified atom stereocenters. The second-order valence-electron chi connectivity index (χ2n) is 5.98. The van der Waals surface area contributed by atoms with Gasteiger partial charge in [0.2, 0.25) is 0 Å². The van der Waals surface area contributed by atoms with Crippen LogP contribution in [0.3, 0.4) is 0 Å². The van der Waals surface area contributed by atoms with E-state index in [1.165, 1.54) is 5.01 Å². The summed E-state index contributed by atoms with van der Waals surface area (Å²) in [5.41, 5.74) is 0. The molecule has 0 N–H and O–H groups in total. The third-order valence-electron chi connectivity index (χ3n) is 4.63. The van der Waals surface area contributed by atoms with Crippen LogP contribution in [0.1, 0.15) is 17.8 Å². The van der Waals surface area contributed by atoms with E-state index in [0.29, 0.717) is 24.6 Å². The molecule has 3 heterocycles. The van der Waals surface area contributed by atoms with Crippen molar-refractivity contribution in [3.8, 4) is 6.01 Å². The molecule has 2 fully saturated rings. The maximum absolute atomic E-state index is 6.07. The van der Waals surface area contributed by atoms with Gasteiger partial charge in [0.05, 0.1) is 25.9 Å². The maximum atomic E-state index is 6.07. The number of rotatable bonds is 5. The second-order valence-corrected chi connectivity index (χ2v) is 6.96. The highest BCUT2D eigenvalue weighted by atomic mass is 32.1. The lowest BCUT2D eigenvalue weighted by molar-refractivity contribution is -0.0819. The average molecular weight is 332 g/mol. The number of thiazole rings is 1. The van der Waals surface area contributed by atoms with Gasteiger partial charge < -0.3 is 9.47 Å². The molecule has 1 aliphatic heterocycles. The minimum Gasteiger partial charge on any atom is -0.463 e. The number of fused-ring (bicyclic) bond motifs is 1. The fourth-order valence-corrected chi connectivity index (χ4v) is 4.20. The monoisotopic (exact) mass is 332 g/mol. The third kappa shape index (κ3) is 3.36. The zero-order valence-corrected chi connectivity index (χ0v) is 13.7. The van der Waals surface area contributed by atoms with Gasteiger partial charge in [0.1, 0.15) is 5.01 Å². The number of ether oxygens (including phenoxy) is 2. The zero-order valence-electron chi connectivity index (χ0n) is 12.9. The van der Waals surface area contributed by atoms with Gasteiger partial charge in [-0.15, -0.1) is 11.3 Å². The Hall–Kier alpha value is -1.57. The quantitative estimate of drug-likeness (QED) is 0.834. The molecule has 0 radical (unpaired) electrons. The highest BCUT2D eigenvalue weighted by Gasteiger charge is 2.43. The number of aromatic nitrogens is 3. The first-order valence-corrected chi connectivity index (χ1v) is 8.92. The Balaban J connectivity index is 1.37. The van der Waals surface area contributed by atoms with Crippen LogP contribution in [0.15, 0.2) is 30.0 Å². The van der Waals surface area contributed by atoms with Gasteiger partial charge in [-0.05, 0) is 18.9 Å². The van der Waals surface area contributed by atoms with E-state index in [0.717, 1.165) is 32.5 Å². The van der Waals surface area contributed by atoms with E-state index >= 15 is 0 Å². The van der Waals surface area contributed by atoms with Crippen LogP contribution in [0.2, 0.25) is 0 Å². The summed E-state index contributed by atoms with van der Waals surface area (Å²) in [6.45, 7) is 3.31. The molecule has 0 amide bonds. The molecule has 2 aliphatic rings. The van der Waals surface area contributed by atoms with Crippen molar-refractivity contribution >= 4 is 11.3 Å². The molecule has 23 heavy (non-hydrogen) atoms. The number of hydrogen-bond donors (Lipinski definition) is 0. The van der Waals surface area contributed by atoms with E-state index in [1.54, 1.807) is 29.8 Å². The van der Waals surface area contributed by atoms with E-state index in [2.05, 4.69) is 19.9 Å². The minimum absolute atomic E-state index is 0.243. The van der Waals surface area contributed by atoms with Gasteiger partial charge in [-0.2, -0.15) is 0 Å². The molecule has 7 heteroatoms. The van der Waals surface area contributed by atoms with E-state index in [4.69, 9.17) is 9.47 Å². The summed E-state index contributed by atoms with van der Waals surface area (Å²) < 4.78 is 11.8. The van der Waals surface area contributed by atoms with Gasteiger partial charge in [-0.3, -0.25) is 4.90 Å². The molecule has 122 valence electrons. The highest BCUT2D eigenvalue weighted by Crippen LogP contribution is 2.35. The predicted octanol–water partition coefficient (Wildman–Crippen LogP) is 1.99. The standard InChI is InChI=1S/C16H20N4O2S/c1-4-18-16(19-5-1)22-11-12-2-3-13-15(12)21-8-7-20(13)10-14-17-6-9-23-14/h1,4-6,9,12-13,15H,2-3,7-8,10-11H2. The molecular formula is C16H20N4O2S. The van der Waals surface area contributed by atoms with Crippen molar-refractivity contribution in [3.05, 3.63) is 35.0 Å². The Morgan fingerprint density at radius 2 is 2.13 bits per heavy atom. The van der Waals surface area contributed by atoms with E-state index in [1.807, 2.05) is 11.6 Å². The van der Waals surface area contributed by atoms with Gasteiger partial charge in [0.15, 0.2) is 0 Å². The molecule has 3 atom stereocenters. The Kier molecular flexibility index (Phi) is 4.50. The SMILES string of the molecule is c1cnc(OCC2CCC3C2OCCN3Cc2nccs2)nc1. The van der Waals surface area contributed by atoms with Crippen LogP contribution in [-0.2, 0) is 11.3 Å². The van der Waals surface area contributed by atoms with Crippen LogP contribution < -0.4 is 4.74 Å². The molecule has 6 nitrogen and oxygen atoms in total. The van der Waals surface area contributed by atoms with Crippen molar-refractivity contribution in [1.29, 1.82) is 0 Å². The molecule has 1 saturated heterocycles. The molecule has 4 rings (SSSR count). The Labute approximate surface area is 139 Å². The molecule has 1 aliphatic carbocycles. The van der Waals surface area contributed by atoms with E-state index < -0.39 is 0 Å². The smallest absolute Gasteiger partial charge is 0.316 e. The first kappa shape index (κ1) is 15.0. The molecule has 2 aromatic rings. The molecular weight excluding hydrogens is 312 g/mol. The number of nitrogens with zero attached hydrogens (tertiary/aromatic N) is 4. The van der Waals surface area contributed by atoms with Crippen LogP contribution >= 0.6 is 11.3 Å². The molecule has 0 spiro atoms. The third-order valence-corrected chi connectivity index (χ3v) is 5.39. The van der Waals surface area contributed by atoms with Crippen molar-refractivity contribution in [2.75, 3.05) is 19.8 Å². The fraction of sp³-hybridized carbons (Fsp3) is 0.562. The summed E-state index contributed by atoms with van der Waals surface area (Å²) in [5.74, 6) is 0.405.